The number of nitrogens with zero attached hydrogens (tertiary/aromatic N) is 2. The Morgan fingerprint density at radius 1 is 0.933 bits per heavy atom. The molecule has 0 fully saturated rings. The highest BCUT2D eigenvalue weighted by Gasteiger charge is 2.30. The smallest absolute Gasteiger partial charge is 0.280 e. The fraction of sp³-hybridized carbons (Fsp3) is 0.0909. The average molecular weight is 445 g/mol. The Bertz CT molecular complexity index is 1120. The molecule has 8 heteroatoms. The number of hydrogen-bond acceptors (Lipinski definition) is 4. The molecule has 0 bridgehead atoms. The van der Waals surface area contributed by atoms with Crippen LogP contribution in [0.25, 0.3) is 10.2 Å². The van der Waals surface area contributed by atoms with Crippen molar-refractivity contribution in [2.45, 2.75) is 10.5 Å². The lowest BCUT2D eigenvalue weighted by Gasteiger charge is -2.22. The van der Waals surface area contributed by atoms with E-state index in [1.807, 2.05) is 60.7 Å². The molecule has 0 spiro atoms. The summed E-state index contributed by atoms with van der Waals surface area (Å²) in [7, 11) is 0. The normalized spacial score (nSPS) is 11.6. The third kappa shape index (κ3) is 4.49. The lowest BCUT2D eigenvalue weighted by molar-refractivity contribution is -0.137. The van der Waals surface area contributed by atoms with Gasteiger partial charge in [-0.25, -0.2) is 4.98 Å². The Hall–Kier alpha value is -2.84. The van der Waals surface area contributed by atoms with Gasteiger partial charge in [-0.05, 0) is 42.5 Å². The van der Waals surface area contributed by atoms with Gasteiger partial charge in [0.2, 0.25) is 5.91 Å². The summed E-state index contributed by atoms with van der Waals surface area (Å²) in [4.78, 5) is 19.0. The average Bonchev–Trinajstić information content (AvgIpc) is 3.16. The van der Waals surface area contributed by atoms with Gasteiger partial charge >= 0.3 is 6.18 Å². The third-order valence-corrected chi connectivity index (χ3v) is 6.46. The van der Waals surface area contributed by atoms with Crippen LogP contribution in [0.5, 0.6) is 0 Å². The van der Waals surface area contributed by atoms with Crippen molar-refractivity contribution in [2.24, 2.45) is 0 Å². The molecule has 152 valence electrons. The monoisotopic (exact) mass is 444 g/mol. The number of carbonyl (C=O) groups excluding carboxylic acids is 1. The first kappa shape index (κ1) is 20.4. The second-order valence-corrected chi connectivity index (χ2v) is 8.60. The third-order valence-electron chi connectivity index (χ3n) is 4.29. The maximum Gasteiger partial charge on any atom is 0.416 e. The second kappa shape index (κ2) is 8.49. The molecule has 30 heavy (non-hydrogen) atoms. The molecule has 0 unspecified atom stereocenters. The summed E-state index contributed by atoms with van der Waals surface area (Å²) >= 11 is 2.50. The first-order chi connectivity index (χ1) is 14.4. The van der Waals surface area contributed by atoms with Crippen LogP contribution in [0.2, 0.25) is 0 Å². The van der Waals surface area contributed by atoms with Crippen LogP contribution in [0, 0.1) is 0 Å². The van der Waals surface area contributed by atoms with E-state index in [0.717, 1.165) is 23.5 Å². The van der Waals surface area contributed by atoms with Crippen molar-refractivity contribution in [3.63, 3.8) is 0 Å². The molecular weight excluding hydrogens is 429 g/mol. The van der Waals surface area contributed by atoms with Crippen LogP contribution in [0.1, 0.15) is 5.56 Å². The van der Waals surface area contributed by atoms with Gasteiger partial charge in [-0.1, -0.05) is 48.2 Å². The standard InChI is InChI=1S/C22H15F3N2OS2/c23-22(24,25)15-11-12-19-18(13-15)26-21(30-19)29-14-20(28)27(16-7-3-1-4-8-16)17-9-5-2-6-10-17/h1-13H,14H2. The maximum absolute atomic E-state index is 13.1. The molecule has 0 aliphatic rings. The summed E-state index contributed by atoms with van der Waals surface area (Å²) in [6, 6.07) is 22.1. The summed E-state index contributed by atoms with van der Waals surface area (Å²) in [5, 5.41) is 0. The molecule has 0 N–H and O–H groups in total. The van der Waals surface area contributed by atoms with E-state index >= 15 is 0 Å². The van der Waals surface area contributed by atoms with E-state index in [1.165, 1.54) is 29.2 Å². The van der Waals surface area contributed by atoms with Crippen molar-refractivity contribution in [3.05, 3.63) is 84.4 Å². The number of thiazole rings is 1. The number of para-hydroxylation sites is 2. The summed E-state index contributed by atoms with van der Waals surface area (Å²) < 4.78 is 39.9. The van der Waals surface area contributed by atoms with Gasteiger partial charge in [0, 0.05) is 11.4 Å². The molecule has 3 aromatic carbocycles. The Labute approximate surface area is 179 Å². The van der Waals surface area contributed by atoms with E-state index in [4.69, 9.17) is 0 Å². The minimum atomic E-state index is -4.41. The quantitative estimate of drug-likeness (QED) is 0.319. The number of thioether (sulfide) groups is 1. The van der Waals surface area contributed by atoms with E-state index in [2.05, 4.69) is 4.98 Å². The van der Waals surface area contributed by atoms with E-state index in [-0.39, 0.29) is 17.2 Å². The molecule has 0 aliphatic heterocycles. The first-order valence-electron chi connectivity index (χ1n) is 8.95. The molecule has 1 amide bonds. The van der Waals surface area contributed by atoms with Crippen molar-refractivity contribution in [2.75, 3.05) is 10.7 Å². The number of hydrogen-bond donors (Lipinski definition) is 0. The van der Waals surface area contributed by atoms with Crippen LogP contribution in [0.15, 0.2) is 83.2 Å². The van der Waals surface area contributed by atoms with Gasteiger partial charge < -0.3 is 0 Å². The number of fused-ring (bicyclic) bond motifs is 1. The molecule has 1 heterocycles. The van der Waals surface area contributed by atoms with Crippen LogP contribution < -0.4 is 4.90 Å². The molecule has 0 saturated carbocycles. The molecule has 0 saturated heterocycles. The fourth-order valence-electron chi connectivity index (χ4n) is 2.92. The Morgan fingerprint density at radius 2 is 1.53 bits per heavy atom. The Morgan fingerprint density at radius 3 is 2.10 bits per heavy atom. The number of anilines is 2. The molecule has 0 radical (unpaired) electrons. The first-order valence-corrected chi connectivity index (χ1v) is 10.8. The minimum Gasteiger partial charge on any atom is -0.280 e. The van der Waals surface area contributed by atoms with Crippen molar-refractivity contribution in [1.82, 2.24) is 4.98 Å². The lowest BCUT2D eigenvalue weighted by Crippen LogP contribution is -2.27. The summed E-state index contributed by atoms with van der Waals surface area (Å²) in [6.07, 6.45) is -4.41. The molecule has 1 aromatic heterocycles. The number of benzene rings is 3. The van der Waals surface area contributed by atoms with Gasteiger partial charge in [0.05, 0.1) is 21.5 Å². The predicted octanol–water partition coefficient (Wildman–Crippen LogP) is 6.77. The maximum atomic E-state index is 13.1. The highest BCUT2D eigenvalue weighted by molar-refractivity contribution is 8.01. The largest absolute Gasteiger partial charge is 0.416 e. The van der Waals surface area contributed by atoms with Crippen LogP contribution in [0.4, 0.5) is 24.5 Å². The van der Waals surface area contributed by atoms with Crippen LogP contribution in [-0.2, 0) is 11.0 Å². The van der Waals surface area contributed by atoms with E-state index in [1.54, 1.807) is 4.90 Å². The number of halogens is 3. The fourth-order valence-corrected chi connectivity index (χ4v) is 4.82. The highest BCUT2D eigenvalue weighted by atomic mass is 32.2. The second-order valence-electron chi connectivity index (χ2n) is 6.35. The minimum absolute atomic E-state index is 0.107. The number of aromatic nitrogens is 1. The highest BCUT2D eigenvalue weighted by Crippen LogP contribution is 2.35. The van der Waals surface area contributed by atoms with E-state index in [0.29, 0.717) is 9.04 Å². The number of rotatable bonds is 5. The van der Waals surface area contributed by atoms with Gasteiger partial charge in [-0.3, -0.25) is 9.69 Å². The summed E-state index contributed by atoms with van der Waals surface area (Å²) in [6.45, 7) is 0. The van der Waals surface area contributed by atoms with Gasteiger partial charge in [0.25, 0.3) is 0 Å². The molecular formula is C22H15F3N2OS2. The lowest BCUT2D eigenvalue weighted by atomic mass is 10.2. The molecule has 4 rings (SSSR count). The van der Waals surface area contributed by atoms with Gasteiger partial charge in [-0.2, -0.15) is 13.2 Å². The zero-order valence-corrected chi connectivity index (χ0v) is 17.1. The molecule has 3 nitrogen and oxygen atoms in total. The van der Waals surface area contributed by atoms with Crippen LogP contribution >= 0.6 is 23.1 Å². The van der Waals surface area contributed by atoms with Crippen LogP contribution in [-0.4, -0.2) is 16.6 Å². The topological polar surface area (TPSA) is 33.2 Å². The molecule has 0 atom stereocenters. The molecule has 0 aliphatic carbocycles. The Kier molecular flexibility index (Phi) is 5.78. The number of alkyl halides is 3. The van der Waals surface area contributed by atoms with Gasteiger partial charge in [-0.15, -0.1) is 11.3 Å². The predicted molar refractivity (Wildman–Crippen MR) is 115 cm³/mol. The zero-order valence-electron chi connectivity index (χ0n) is 15.5. The summed E-state index contributed by atoms with van der Waals surface area (Å²) in [5.41, 5.74) is 1.04. The molecule has 4 aromatic rings. The van der Waals surface area contributed by atoms with Gasteiger partial charge in [0.15, 0.2) is 4.34 Å². The van der Waals surface area contributed by atoms with Crippen molar-refractivity contribution >= 4 is 50.6 Å². The number of amides is 1. The zero-order chi connectivity index (χ0) is 21.1. The SMILES string of the molecule is O=C(CSc1nc2cc(C(F)(F)F)ccc2s1)N(c1ccccc1)c1ccccc1. The summed E-state index contributed by atoms with van der Waals surface area (Å²) in [5.74, 6) is -0.0388. The van der Waals surface area contributed by atoms with E-state index in [9.17, 15) is 18.0 Å². The van der Waals surface area contributed by atoms with Crippen molar-refractivity contribution in [1.29, 1.82) is 0 Å². The van der Waals surface area contributed by atoms with Crippen molar-refractivity contribution in [3.8, 4) is 0 Å². The van der Waals surface area contributed by atoms with Crippen molar-refractivity contribution < 1.29 is 18.0 Å². The van der Waals surface area contributed by atoms with E-state index < -0.39 is 11.7 Å². The Balaban J connectivity index is 1.55. The van der Waals surface area contributed by atoms with Gasteiger partial charge in [0.1, 0.15) is 0 Å². The number of carbonyl (C=O) groups is 1. The van der Waals surface area contributed by atoms with Crippen LogP contribution in [0.3, 0.4) is 0 Å².